The third kappa shape index (κ3) is 3.79. The van der Waals surface area contributed by atoms with Gasteiger partial charge in [-0.05, 0) is 18.2 Å². The van der Waals surface area contributed by atoms with Gasteiger partial charge in [0.05, 0.1) is 0 Å². The van der Waals surface area contributed by atoms with Crippen molar-refractivity contribution in [3.8, 4) is 0 Å². The normalized spacial score (nSPS) is 22.8. The van der Waals surface area contributed by atoms with E-state index in [1.165, 1.54) is 41.8 Å². The van der Waals surface area contributed by atoms with Crippen LogP contribution in [0.1, 0.15) is 0 Å². The lowest BCUT2D eigenvalue weighted by molar-refractivity contribution is 0.215. The van der Waals surface area contributed by atoms with Gasteiger partial charge in [0.25, 0.3) is 0 Å². The Morgan fingerprint density at radius 3 is 2.35 bits per heavy atom. The number of benzene rings is 1. The van der Waals surface area contributed by atoms with Crippen molar-refractivity contribution in [3.63, 3.8) is 0 Å². The van der Waals surface area contributed by atoms with E-state index in [4.69, 9.17) is 11.6 Å². The number of anilines is 1. The topological polar surface area (TPSA) is 6.48 Å². The van der Waals surface area contributed by atoms with Gasteiger partial charge < -0.3 is 4.90 Å². The summed E-state index contributed by atoms with van der Waals surface area (Å²) in [4.78, 5) is 5.14. The molecule has 2 aliphatic heterocycles. The number of rotatable bonds is 2. The molecule has 2 aliphatic rings. The van der Waals surface area contributed by atoms with Crippen molar-refractivity contribution < 1.29 is 0 Å². The highest BCUT2D eigenvalue weighted by Gasteiger charge is 2.25. The standard InChI is InChI=1S/C15H21ClN2S2/c16-13-2-1-3-14(10-13)17-4-6-18(7-5-17)15-11-19-8-9-20-12-15/h1-3,10,15H,4-9,11-12H2. The molecule has 0 N–H and O–H groups in total. The maximum atomic E-state index is 6.09. The van der Waals surface area contributed by atoms with Crippen molar-refractivity contribution in [2.24, 2.45) is 0 Å². The van der Waals surface area contributed by atoms with Crippen molar-refractivity contribution in [2.75, 3.05) is 54.1 Å². The SMILES string of the molecule is Clc1cccc(N2CCN(C3CSCCSC3)CC2)c1. The Labute approximate surface area is 135 Å². The Balaban J connectivity index is 1.56. The maximum Gasteiger partial charge on any atom is 0.0426 e. The number of piperazine rings is 1. The van der Waals surface area contributed by atoms with Gasteiger partial charge in [0.15, 0.2) is 0 Å². The van der Waals surface area contributed by atoms with Crippen LogP contribution in [0, 0.1) is 0 Å². The third-order valence-electron chi connectivity index (χ3n) is 4.00. The second-order valence-corrected chi connectivity index (χ2v) is 8.04. The molecule has 110 valence electrons. The van der Waals surface area contributed by atoms with Crippen LogP contribution in [0.2, 0.25) is 5.02 Å². The highest BCUT2D eigenvalue weighted by Crippen LogP contribution is 2.24. The zero-order chi connectivity index (χ0) is 13.8. The summed E-state index contributed by atoms with van der Waals surface area (Å²) in [6.45, 7) is 4.59. The van der Waals surface area contributed by atoms with E-state index >= 15 is 0 Å². The molecule has 0 atom stereocenters. The molecule has 1 aromatic carbocycles. The predicted octanol–water partition coefficient (Wildman–Crippen LogP) is 3.31. The van der Waals surface area contributed by atoms with Crippen LogP contribution in [-0.2, 0) is 0 Å². The molecular formula is C15H21ClN2S2. The lowest BCUT2D eigenvalue weighted by Gasteiger charge is -2.39. The molecule has 0 bridgehead atoms. The van der Waals surface area contributed by atoms with E-state index in [1.54, 1.807) is 0 Å². The average Bonchev–Trinajstić information content (AvgIpc) is 2.76. The summed E-state index contributed by atoms with van der Waals surface area (Å²) < 4.78 is 0. The van der Waals surface area contributed by atoms with Gasteiger partial charge in [-0.3, -0.25) is 4.90 Å². The van der Waals surface area contributed by atoms with Gasteiger partial charge in [0.1, 0.15) is 0 Å². The van der Waals surface area contributed by atoms with E-state index in [0.29, 0.717) is 0 Å². The van der Waals surface area contributed by atoms with E-state index in [9.17, 15) is 0 Å². The summed E-state index contributed by atoms with van der Waals surface area (Å²) in [5, 5.41) is 0.835. The highest BCUT2D eigenvalue weighted by molar-refractivity contribution is 8.03. The molecule has 2 heterocycles. The number of thioether (sulfide) groups is 2. The molecule has 2 nitrogen and oxygen atoms in total. The van der Waals surface area contributed by atoms with E-state index in [-0.39, 0.29) is 0 Å². The molecule has 0 radical (unpaired) electrons. The van der Waals surface area contributed by atoms with E-state index in [1.807, 2.05) is 12.1 Å². The minimum absolute atomic E-state index is 0.772. The van der Waals surface area contributed by atoms with Gasteiger partial charge in [-0.25, -0.2) is 0 Å². The summed E-state index contributed by atoms with van der Waals surface area (Å²) >= 11 is 10.3. The summed E-state index contributed by atoms with van der Waals surface area (Å²) in [5.41, 5.74) is 1.27. The van der Waals surface area contributed by atoms with Crippen LogP contribution in [0.15, 0.2) is 24.3 Å². The van der Waals surface area contributed by atoms with Gasteiger partial charge in [-0.1, -0.05) is 17.7 Å². The first-order chi connectivity index (χ1) is 9.83. The monoisotopic (exact) mass is 328 g/mol. The molecule has 0 unspecified atom stereocenters. The lowest BCUT2D eigenvalue weighted by atomic mass is 10.2. The first-order valence-electron chi connectivity index (χ1n) is 7.23. The van der Waals surface area contributed by atoms with Crippen molar-refractivity contribution in [1.29, 1.82) is 0 Å². The molecule has 20 heavy (non-hydrogen) atoms. The molecule has 0 saturated carbocycles. The maximum absolute atomic E-state index is 6.09. The van der Waals surface area contributed by atoms with E-state index in [0.717, 1.165) is 24.2 Å². The fourth-order valence-corrected chi connectivity index (χ4v) is 5.64. The second-order valence-electron chi connectivity index (χ2n) is 5.31. The van der Waals surface area contributed by atoms with Crippen LogP contribution in [0.4, 0.5) is 5.69 Å². The smallest absolute Gasteiger partial charge is 0.0426 e. The lowest BCUT2D eigenvalue weighted by Crippen LogP contribution is -2.51. The van der Waals surface area contributed by atoms with Crippen LogP contribution >= 0.6 is 35.1 Å². The Kier molecular flexibility index (Phi) is 5.43. The molecule has 1 aromatic rings. The van der Waals surface area contributed by atoms with Gasteiger partial charge >= 0.3 is 0 Å². The van der Waals surface area contributed by atoms with Gasteiger partial charge in [-0.2, -0.15) is 23.5 Å². The van der Waals surface area contributed by atoms with Gasteiger partial charge in [-0.15, -0.1) is 0 Å². The van der Waals surface area contributed by atoms with Crippen molar-refractivity contribution >= 4 is 40.8 Å². The fraction of sp³-hybridized carbons (Fsp3) is 0.600. The molecule has 3 rings (SSSR count). The van der Waals surface area contributed by atoms with Crippen LogP contribution in [0.25, 0.3) is 0 Å². The second kappa shape index (κ2) is 7.30. The first-order valence-corrected chi connectivity index (χ1v) is 9.92. The number of hydrogen-bond donors (Lipinski definition) is 0. The minimum atomic E-state index is 0.772. The Morgan fingerprint density at radius 1 is 1.00 bits per heavy atom. The summed E-state index contributed by atoms with van der Waals surface area (Å²) in [6.07, 6.45) is 0. The number of hydrogen-bond acceptors (Lipinski definition) is 4. The highest BCUT2D eigenvalue weighted by atomic mass is 35.5. The number of nitrogens with zero attached hydrogens (tertiary/aromatic N) is 2. The van der Waals surface area contributed by atoms with Crippen LogP contribution in [-0.4, -0.2) is 60.1 Å². The molecule has 2 saturated heterocycles. The zero-order valence-electron chi connectivity index (χ0n) is 11.6. The molecule has 2 fully saturated rings. The first kappa shape index (κ1) is 14.9. The zero-order valence-corrected chi connectivity index (χ0v) is 14.0. The number of halogens is 1. The largest absolute Gasteiger partial charge is 0.369 e. The third-order valence-corrected chi connectivity index (χ3v) is 6.72. The Hall–Kier alpha value is -0.0300. The minimum Gasteiger partial charge on any atom is -0.369 e. The molecule has 0 spiro atoms. The summed E-state index contributed by atoms with van der Waals surface area (Å²) in [7, 11) is 0. The molecular weight excluding hydrogens is 308 g/mol. The van der Waals surface area contributed by atoms with Crippen molar-refractivity contribution in [1.82, 2.24) is 4.90 Å². The predicted molar refractivity (Wildman–Crippen MR) is 93.7 cm³/mol. The van der Waals surface area contributed by atoms with Crippen molar-refractivity contribution in [3.05, 3.63) is 29.3 Å². The molecule has 0 aliphatic carbocycles. The Bertz CT molecular complexity index is 428. The average molecular weight is 329 g/mol. The van der Waals surface area contributed by atoms with Gasteiger partial charge in [0.2, 0.25) is 0 Å². The van der Waals surface area contributed by atoms with Crippen LogP contribution in [0.5, 0.6) is 0 Å². The Morgan fingerprint density at radius 2 is 1.70 bits per heavy atom. The quantitative estimate of drug-likeness (QED) is 0.821. The van der Waals surface area contributed by atoms with Crippen molar-refractivity contribution in [2.45, 2.75) is 6.04 Å². The molecule has 0 amide bonds. The van der Waals surface area contributed by atoms with Crippen LogP contribution < -0.4 is 4.90 Å². The fourth-order valence-electron chi connectivity index (χ4n) is 2.83. The summed E-state index contributed by atoms with van der Waals surface area (Å²) in [5.74, 6) is 5.27. The summed E-state index contributed by atoms with van der Waals surface area (Å²) in [6, 6.07) is 9.01. The van der Waals surface area contributed by atoms with E-state index < -0.39 is 0 Å². The van der Waals surface area contributed by atoms with E-state index in [2.05, 4.69) is 45.5 Å². The molecule has 0 aromatic heterocycles. The molecule has 5 heteroatoms. The van der Waals surface area contributed by atoms with Gasteiger partial charge in [0, 0.05) is 65.9 Å². The van der Waals surface area contributed by atoms with Crippen LogP contribution in [0.3, 0.4) is 0 Å².